The number of fused-ring (bicyclic) bond motifs is 1. The Kier molecular flexibility index (Phi) is 6.59. The summed E-state index contributed by atoms with van der Waals surface area (Å²) in [5.74, 6) is -0.212. The van der Waals surface area contributed by atoms with Crippen LogP contribution in [-0.2, 0) is 14.9 Å². The van der Waals surface area contributed by atoms with Crippen LogP contribution in [0, 0.1) is 0 Å². The maximum absolute atomic E-state index is 13.2. The van der Waals surface area contributed by atoms with Gasteiger partial charge in [-0.05, 0) is 48.0 Å². The third-order valence-electron chi connectivity index (χ3n) is 6.90. The van der Waals surface area contributed by atoms with Gasteiger partial charge in [-0.15, -0.1) is 0 Å². The van der Waals surface area contributed by atoms with Gasteiger partial charge in [0, 0.05) is 41.7 Å². The number of likely N-dealkylation sites (N-methyl/N-ethyl adjacent to an activating group) is 1. The molecule has 0 radical (unpaired) electrons. The van der Waals surface area contributed by atoms with Crippen molar-refractivity contribution in [1.82, 2.24) is 9.78 Å². The Balaban J connectivity index is 1.39. The van der Waals surface area contributed by atoms with Gasteiger partial charge < -0.3 is 14.4 Å². The highest BCUT2D eigenvalue weighted by Gasteiger charge is 2.38. The van der Waals surface area contributed by atoms with Crippen molar-refractivity contribution in [2.45, 2.75) is 19.3 Å². The molecule has 0 bridgehead atoms. The molecule has 0 spiro atoms. The number of nitrogens with zero attached hydrogens (tertiary/aromatic N) is 3. The molecule has 7 heteroatoms. The standard InChI is InChI=1S/C31H29N3O4/c1-31(2)26-12-8-9-13-27(26)33(3)28(31)18-23(35)20-38-30(36)25-19-34(22-10-6-5-7-11-22)32-29(25)21-14-16-24(37-4)17-15-21/h5-19H,20H2,1-4H3. The summed E-state index contributed by atoms with van der Waals surface area (Å²) in [5, 5.41) is 4.66. The molecule has 3 aromatic carbocycles. The summed E-state index contributed by atoms with van der Waals surface area (Å²) in [6.45, 7) is 3.79. The predicted octanol–water partition coefficient (Wildman–Crippen LogP) is 5.59. The fraction of sp³-hybridized carbons (Fsp3) is 0.194. The van der Waals surface area contributed by atoms with Crippen LogP contribution >= 0.6 is 0 Å². The molecule has 0 saturated heterocycles. The van der Waals surface area contributed by atoms with Crippen molar-refractivity contribution in [1.29, 1.82) is 0 Å². The van der Waals surface area contributed by atoms with Gasteiger partial charge in [0.05, 0.1) is 12.8 Å². The lowest BCUT2D eigenvalue weighted by molar-refractivity contribution is -0.117. The molecule has 7 nitrogen and oxygen atoms in total. The summed E-state index contributed by atoms with van der Waals surface area (Å²) >= 11 is 0. The molecular weight excluding hydrogens is 478 g/mol. The monoisotopic (exact) mass is 507 g/mol. The molecule has 1 aliphatic heterocycles. The first-order valence-corrected chi connectivity index (χ1v) is 12.3. The van der Waals surface area contributed by atoms with E-state index in [-0.39, 0.29) is 23.4 Å². The second kappa shape index (κ2) is 10.0. The Morgan fingerprint density at radius 3 is 2.32 bits per heavy atom. The highest BCUT2D eigenvalue weighted by Crippen LogP contribution is 2.46. The van der Waals surface area contributed by atoms with E-state index in [0.29, 0.717) is 11.4 Å². The predicted molar refractivity (Wildman–Crippen MR) is 147 cm³/mol. The van der Waals surface area contributed by atoms with Gasteiger partial charge in [0.25, 0.3) is 0 Å². The molecule has 4 aromatic rings. The quantitative estimate of drug-likeness (QED) is 0.240. The van der Waals surface area contributed by atoms with Crippen LogP contribution in [0.4, 0.5) is 5.69 Å². The Morgan fingerprint density at radius 1 is 0.947 bits per heavy atom. The minimum absolute atomic E-state index is 0.269. The first-order valence-electron chi connectivity index (χ1n) is 12.3. The zero-order valence-electron chi connectivity index (χ0n) is 21.8. The van der Waals surface area contributed by atoms with Crippen molar-refractivity contribution in [3.8, 4) is 22.7 Å². The van der Waals surface area contributed by atoms with E-state index in [1.54, 1.807) is 36.2 Å². The Bertz CT molecular complexity index is 1520. The highest BCUT2D eigenvalue weighted by atomic mass is 16.5. The van der Waals surface area contributed by atoms with Gasteiger partial charge in [-0.2, -0.15) is 5.10 Å². The number of aromatic nitrogens is 2. The molecule has 1 aliphatic rings. The third kappa shape index (κ3) is 4.59. The largest absolute Gasteiger partial charge is 0.497 e. The van der Waals surface area contributed by atoms with Gasteiger partial charge in [-0.3, -0.25) is 4.79 Å². The van der Waals surface area contributed by atoms with Gasteiger partial charge in [-0.25, -0.2) is 9.48 Å². The van der Waals surface area contributed by atoms with Crippen molar-refractivity contribution in [2.24, 2.45) is 0 Å². The smallest absolute Gasteiger partial charge is 0.342 e. The maximum atomic E-state index is 13.2. The number of carbonyl (C=O) groups excluding carboxylic acids is 2. The minimum Gasteiger partial charge on any atom is -0.497 e. The van der Waals surface area contributed by atoms with Crippen LogP contribution in [0.5, 0.6) is 5.75 Å². The number of anilines is 1. The van der Waals surface area contributed by atoms with Crippen molar-refractivity contribution in [2.75, 3.05) is 25.7 Å². The van der Waals surface area contributed by atoms with E-state index in [0.717, 1.165) is 28.2 Å². The van der Waals surface area contributed by atoms with Gasteiger partial charge in [0.1, 0.15) is 17.0 Å². The third-order valence-corrected chi connectivity index (χ3v) is 6.90. The number of ketones is 1. The van der Waals surface area contributed by atoms with Crippen molar-refractivity contribution >= 4 is 17.4 Å². The zero-order chi connectivity index (χ0) is 26.9. The van der Waals surface area contributed by atoms with Crippen molar-refractivity contribution in [3.63, 3.8) is 0 Å². The first-order chi connectivity index (χ1) is 18.3. The topological polar surface area (TPSA) is 73.7 Å². The van der Waals surface area contributed by atoms with Crippen LogP contribution in [0.25, 0.3) is 16.9 Å². The number of ether oxygens (including phenoxy) is 2. The summed E-state index contributed by atoms with van der Waals surface area (Å²) < 4.78 is 12.4. The lowest BCUT2D eigenvalue weighted by atomic mass is 9.83. The lowest BCUT2D eigenvalue weighted by Gasteiger charge is -2.23. The van der Waals surface area contributed by atoms with E-state index in [2.05, 4.69) is 25.0 Å². The summed E-state index contributed by atoms with van der Waals surface area (Å²) in [5.41, 5.74) is 4.98. The number of hydrogen-bond donors (Lipinski definition) is 0. The SMILES string of the molecule is COc1ccc(-c2nn(-c3ccccc3)cc2C(=O)OCC(=O)C=C2N(C)c3ccccc3C2(C)C)cc1. The molecule has 2 heterocycles. The van der Waals surface area contributed by atoms with Gasteiger partial charge in [0.15, 0.2) is 12.4 Å². The second-order valence-corrected chi connectivity index (χ2v) is 9.67. The molecule has 1 aromatic heterocycles. The van der Waals surface area contributed by atoms with Gasteiger partial charge in [0.2, 0.25) is 0 Å². The fourth-order valence-electron chi connectivity index (χ4n) is 4.87. The number of methoxy groups -OCH3 is 1. The molecule has 0 aliphatic carbocycles. The lowest BCUT2D eigenvalue weighted by Crippen LogP contribution is -2.25. The molecule has 5 rings (SSSR count). The number of carbonyl (C=O) groups is 2. The van der Waals surface area contributed by atoms with Crippen LogP contribution in [0.2, 0.25) is 0 Å². The van der Waals surface area contributed by atoms with E-state index in [1.165, 1.54) is 0 Å². The zero-order valence-corrected chi connectivity index (χ0v) is 21.8. The number of rotatable bonds is 7. The van der Waals surface area contributed by atoms with Crippen LogP contribution in [-0.4, -0.2) is 42.3 Å². The molecule has 0 N–H and O–H groups in total. The average Bonchev–Trinajstić information content (AvgIpc) is 3.47. The van der Waals surface area contributed by atoms with Gasteiger partial charge >= 0.3 is 5.97 Å². The minimum atomic E-state index is -0.618. The van der Waals surface area contributed by atoms with Crippen LogP contribution < -0.4 is 9.64 Å². The van der Waals surface area contributed by atoms with E-state index >= 15 is 0 Å². The average molecular weight is 508 g/mol. The molecule has 0 unspecified atom stereocenters. The molecule has 192 valence electrons. The van der Waals surface area contributed by atoms with Crippen molar-refractivity contribution < 1.29 is 19.1 Å². The molecule has 0 amide bonds. The van der Waals surface area contributed by atoms with Crippen LogP contribution in [0.3, 0.4) is 0 Å². The number of hydrogen-bond acceptors (Lipinski definition) is 6. The Hall–Kier alpha value is -4.65. The van der Waals surface area contributed by atoms with E-state index in [1.807, 2.05) is 72.6 Å². The van der Waals surface area contributed by atoms with E-state index in [4.69, 9.17) is 9.47 Å². The number of para-hydroxylation sites is 2. The molecule has 38 heavy (non-hydrogen) atoms. The summed E-state index contributed by atoms with van der Waals surface area (Å²) in [6, 6.07) is 24.9. The number of allylic oxidation sites excluding steroid dienone is 1. The number of benzene rings is 3. The molecule has 0 fully saturated rings. The maximum Gasteiger partial charge on any atom is 0.342 e. The Labute approximate surface area is 221 Å². The normalized spacial score (nSPS) is 14.8. The summed E-state index contributed by atoms with van der Waals surface area (Å²) in [6.07, 6.45) is 3.20. The second-order valence-electron chi connectivity index (χ2n) is 9.67. The van der Waals surface area contributed by atoms with Gasteiger partial charge in [-0.1, -0.05) is 50.2 Å². The fourth-order valence-corrected chi connectivity index (χ4v) is 4.87. The van der Waals surface area contributed by atoms with Crippen LogP contribution in [0.1, 0.15) is 29.8 Å². The van der Waals surface area contributed by atoms with Crippen molar-refractivity contribution in [3.05, 3.63) is 108 Å². The van der Waals surface area contributed by atoms with Crippen LogP contribution in [0.15, 0.2) is 96.8 Å². The molecule has 0 saturated carbocycles. The first kappa shape index (κ1) is 25.0. The molecule has 0 atom stereocenters. The highest BCUT2D eigenvalue weighted by molar-refractivity contribution is 5.99. The Morgan fingerprint density at radius 2 is 1.63 bits per heavy atom. The number of esters is 1. The van der Waals surface area contributed by atoms with E-state index < -0.39 is 5.97 Å². The summed E-state index contributed by atoms with van der Waals surface area (Å²) in [7, 11) is 3.54. The summed E-state index contributed by atoms with van der Waals surface area (Å²) in [4.78, 5) is 28.2. The molecular formula is C31H29N3O4. The van der Waals surface area contributed by atoms with E-state index in [9.17, 15) is 9.59 Å².